The summed E-state index contributed by atoms with van der Waals surface area (Å²) in [5.74, 6) is -0.331. The van der Waals surface area contributed by atoms with Crippen LogP contribution in [0.25, 0.3) is 5.76 Å². The van der Waals surface area contributed by atoms with Crippen LogP contribution in [0.3, 0.4) is 0 Å². The summed E-state index contributed by atoms with van der Waals surface area (Å²) < 4.78 is 11.1. The van der Waals surface area contributed by atoms with Gasteiger partial charge in [0.2, 0.25) is 0 Å². The summed E-state index contributed by atoms with van der Waals surface area (Å²) in [5, 5.41) is 13.0. The fourth-order valence-corrected chi connectivity index (χ4v) is 4.39. The second-order valence-electron chi connectivity index (χ2n) is 7.32. The number of carbonyl (C=O) groups excluding carboxylic acids is 2. The van der Waals surface area contributed by atoms with Gasteiger partial charge in [-0.15, -0.1) is 11.3 Å². The van der Waals surface area contributed by atoms with E-state index < -0.39 is 17.7 Å². The number of quaternary nitrogens is 1. The molecule has 2 aliphatic heterocycles. The summed E-state index contributed by atoms with van der Waals surface area (Å²) >= 11 is 1.46. The zero-order valence-electron chi connectivity index (χ0n) is 16.3. The van der Waals surface area contributed by atoms with E-state index in [2.05, 4.69) is 0 Å². The van der Waals surface area contributed by atoms with Gasteiger partial charge in [-0.3, -0.25) is 9.59 Å². The largest absolute Gasteiger partial charge is 0.507 e. The first kappa shape index (κ1) is 19.5. The van der Waals surface area contributed by atoms with Crippen molar-refractivity contribution in [2.45, 2.75) is 6.04 Å². The molecule has 0 saturated carbocycles. The maximum atomic E-state index is 12.9. The zero-order chi connectivity index (χ0) is 20.5. The van der Waals surface area contributed by atoms with Crippen LogP contribution in [0.4, 0.5) is 0 Å². The molecule has 4 rings (SSSR count). The Hall–Kier alpha value is -2.84. The number of amides is 1. The van der Waals surface area contributed by atoms with E-state index in [1.54, 1.807) is 23.1 Å². The number of rotatable bonds is 5. The molecule has 2 N–H and O–H groups in total. The number of likely N-dealkylation sites (tertiary alicyclic amines) is 1. The first-order valence-corrected chi connectivity index (χ1v) is 10.4. The number of carbonyl (C=O) groups is 2. The summed E-state index contributed by atoms with van der Waals surface area (Å²) in [6, 6.07) is 8.19. The second kappa shape index (κ2) is 7.88. The van der Waals surface area contributed by atoms with Crippen LogP contribution < -0.4 is 14.4 Å². The van der Waals surface area contributed by atoms with E-state index in [1.165, 1.54) is 16.2 Å². The number of ketones is 1. The summed E-state index contributed by atoms with van der Waals surface area (Å²) in [5.41, 5.74) is 0.537. The average Bonchev–Trinajstić information content (AvgIpc) is 3.33. The molecule has 1 saturated heterocycles. The molecular formula is C21H23N2O5S+. The molecule has 1 aromatic carbocycles. The van der Waals surface area contributed by atoms with E-state index in [4.69, 9.17) is 9.47 Å². The molecule has 0 unspecified atom stereocenters. The predicted molar refractivity (Wildman–Crippen MR) is 108 cm³/mol. The Morgan fingerprint density at radius 3 is 2.66 bits per heavy atom. The monoisotopic (exact) mass is 415 g/mol. The van der Waals surface area contributed by atoms with Crippen LogP contribution in [0.2, 0.25) is 0 Å². The fraction of sp³-hybridized carbons (Fsp3) is 0.333. The maximum Gasteiger partial charge on any atom is 0.295 e. The molecule has 8 heteroatoms. The number of Topliss-reactive ketones (excluding diaryl/α,β-unsaturated/α-hetero) is 1. The number of thiophene rings is 1. The molecule has 1 fully saturated rings. The van der Waals surface area contributed by atoms with Crippen LogP contribution >= 0.6 is 11.3 Å². The van der Waals surface area contributed by atoms with Crippen LogP contribution in [0.5, 0.6) is 11.5 Å². The lowest BCUT2D eigenvalue weighted by molar-refractivity contribution is -0.857. The lowest BCUT2D eigenvalue weighted by atomic mass is 9.99. The van der Waals surface area contributed by atoms with Crippen molar-refractivity contribution >= 4 is 28.8 Å². The van der Waals surface area contributed by atoms with E-state index in [0.29, 0.717) is 43.4 Å². The van der Waals surface area contributed by atoms with Gasteiger partial charge >= 0.3 is 0 Å². The Kier molecular flexibility index (Phi) is 5.29. The van der Waals surface area contributed by atoms with Crippen LogP contribution in [-0.2, 0) is 9.59 Å². The number of hydrogen-bond donors (Lipinski definition) is 2. The van der Waals surface area contributed by atoms with Gasteiger partial charge in [-0.1, -0.05) is 6.07 Å². The molecule has 1 amide bonds. The molecule has 0 radical (unpaired) electrons. The Bertz CT molecular complexity index is 967. The van der Waals surface area contributed by atoms with E-state index in [0.717, 1.165) is 4.88 Å². The average molecular weight is 415 g/mol. The summed E-state index contributed by atoms with van der Waals surface area (Å²) in [6.07, 6.45) is 0. The maximum absolute atomic E-state index is 12.9. The third-order valence-electron chi connectivity index (χ3n) is 5.02. The smallest absolute Gasteiger partial charge is 0.295 e. The minimum atomic E-state index is -0.662. The van der Waals surface area contributed by atoms with Gasteiger partial charge < -0.3 is 24.4 Å². The number of hydrogen-bond acceptors (Lipinski definition) is 6. The third kappa shape index (κ3) is 3.61. The number of ether oxygens (including phenoxy) is 2. The number of fused-ring (bicyclic) bond motifs is 1. The normalized spacial score (nSPS) is 20.5. The summed E-state index contributed by atoms with van der Waals surface area (Å²) in [7, 11) is 3.98. The molecular weight excluding hydrogens is 392 g/mol. The Labute approximate surface area is 172 Å². The van der Waals surface area contributed by atoms with Crippen molar-refractivity contribution in [3.8, 4) is 11.5 Å². The molecule has 0 spiro atoms. The number of nitrogens with one attached hydrogen (secondary N) is 1. The Balaban J connectivity index is 1.79. The number of nitrogens with zero attached hydrogens (tertiary/aromatic N) is 1. The van der Waals surface area contributed by atoms with Gasteiger partial charge in [-0.05, 0) is 29.6 Å². The lowest BCUT2D eigenvalue weighted by Crippen LogP contribution is -3.06. The molecule has 1 atom stereocenters. The van der Waals surface area contributed by atoms with Crippen molar-refractivity contribution < 1.29 is 29.1 Å². The first-order chi connectivity index (χ1) is 14.0. The minimum Gasteiger partial charge on any atom is -0.507 e. The molecule has 0 bridgehead atoms. The topological polar surface area (TPSA) is 80.5 Å². The Morgan fingerprint density at radius 1 is 1.21 bits per heavy atom. The molecule has 0 aliphatic carbocycles. The van der Waals surface area contributed by atoms with Crippen molar-refractivity contribution in [1.29, 1.82) is 0 Å². The first-order valence-electron chi connectivity index (χ1n) is 9.48. The molecule has 2 aliphatic rings. The van der Waals surface area contributed by atoms with Crippen LogP contribution in [0.1, 0.15) is 16.5 Å². The van der Waals surface area contributed by atoms with Crippen LogP contribution in [0, 0.1) is 0 Å². The van der Waals surface area contributed by atoms with Crippen molar-refractivity contribution in [2.75, 3.05) is 40.4 Å². The number of aliphatic hydroxyl groups excluding tert-OH is 1. The lowest BCUT2D eigenvalue weighted by Gasteiger charge is -2.24. The van der Waals surface area contributed by atoms with E-state index >= 15 is 0 Å². The SMILES string of the molecule is C[NH+](C)CCN1C(=O)C(=O)C(=C(O)c2ccc3c(c2)OCCO3)[C@H]1c1cccs1. The quantitative estimate of drug-likeness (QED) is 0.434. The van der Waals surface area contributed by atoms with Crippen LogP contribution in [-0.4, -0.2) is 62.1 Å². The van der Waals surface area contributed by atoms with Gasteiger partial charge in [0, 0.05) is 10.4 Å². The highest BCUT2D eigenvalue weighted by Crippen LogP contribution is 2.42. The van der Waals surface area contributed by atoms with Crippen LogP contribution in [0.15, 0.2) is 41.3 Å². The minimum absolute atomic E-state index is 0.114. The molecule has 152 valence electrons. The number of aliphatic hydroxyl groups is 1. The standard InChI is InChI=1S/C21H22N2O5S/c1-22(2)7-8-23-18(16-4-3-11-29-16)17(20(25)21(23)26)19(24)13-5-6-14-15(12-13)28-10-9-27-14/h3-6,11-12,18,24H,7-10H2,1-2H3/p+1/t18-/m1/s1. The fourth-order valence-electron chi connectivity index (χ4n) is 3.54. The van der Waals surface area contributed by atoms with E-state index in [-0.39, 0.29) is 11.3 Å². The molecule has 2 aromatic rings. The molecule has 1 aromatic heterocycles. The van der Waals surface area contributed by atoms with Crippen molar-refractivity contribution in [2.24, 2.45) is 0 Å². The molecule has 3 heterocycles. The predicted octanol–water partition coefficient (Wildman–Crippen LogP) is 1.09. The highest BCUT2D eigenvalue weighted by atomic mass is 32.1. The zero-order valence-corrected chi connectivity index (χ0v) is 17.1. The van der Waals surface area contributed by atoms with Crippen molar-refractivity contribution in [1.82, 2.24) is 4.90 Å². The van der Waals surface area contributed by atoms with Gasteiger partial charge in [0.1, 0.15) is 19.0 Å². The summed E-state index contributed by atoms with van der Waals surface area (Å²) in [4.78, 5) is 29.3. The van der Waals surface area contributed by atoms with Crippen molar-refractivity contribution in [3.05, 3.63) is 51.7 Å². The molecule has 29 heavy (non-hydrogen) atoms. The van der Waals surface area contributed by atoms with E-state index in [9.17, 15) is 14.7 Å². The Morgan fingerprint density at radius 2 is 1.97 bits per heavy atom. The summed E-state index contributed by atoms with van der Waals surface area (Å²) in [6.45, 7) is 2.01. The highest BCUT2D eigenvalue weighted by Gasteiger charge is 2.46. The number of benzene rings is 1. The van der Waals surface area contributed by atoms with Gasteiger partial charge in [0.15, 0.2) is 11.5 Å². The third-order valence-corrected chi connectivity index (χ3v) is 5.95. The number of likely N-dealkylation sites (N-methyl/N-ethyl adjacent to an activating group) is 1. The second-order valence-corrected chi connectivity index (χ2v) is 8.30. The van der Waals surface area contributed by atoms with Gasteiger partial charge in [-0.25, -0.2) is 0 Å². The van der Waals surface area contributed by atoms with Gasteiger partial charge in [-0.2, -0.15) is 0 Å². The van der Waals surface area contributed by atoms with Gasteiger partial charge in [0.05, 0.1) is 38.8 Å². The van der Waals surface area contributed by atoms with Crippen molar-refractivity contribution in [3.63, 3.8) is 0 Å². The van der Waals surface area contributed by atoms with Gasteiger partial charge in [0.25, 0.3) is 11.7 Å². The molecule has 7 nitrogen and oxygen atoms in total. The van der Waals surface area contributed by atoms with E-state index in [1.807, 2.05) is 31.6 Å². The highest BCUT2D eigenvalue weighted by molar-refractivity contribution is 7.10.